The summed E-state index contributed by atoms with van der Waals surface area (Å²) in [6, 6.07) is 30.4. The van der Waals surface area contributed by atoms with Crippen LogP contribution >= 0.6 is 0 Å². The van der Waals surface area contributed by atoms with Gasteiger partial charge in [-0.25, -0.2) is 0 Å². The summed E-state index contributed by atoms with van der Waals surface area (Å²) < 4.78 is 18.2. The van der Waals surface area contributed by atoms with Gasteiger partial charge in [0.15, 0.2) is 0 Å². The maximum Gasteiger partial charge on any atom is 0.270 e. The number of para-hydroxylation sites is 1. The van der Waals surface area contributed by atoms with Crippen LogP contribution in [-0.2, 0) is 0 Å². The summed E-state index contributed by atoms with van der Waals surface area (Å²) in [5, 5.41) is 13.9. The molecule has 6 nitrogen and oxygen atoms in total. The Balaban J connectivity index is 1.70. The molecule has 0 saturated carbocycles. The fourth-order valence-corrected chi connectivity index (χ4v) is 5.24. The van der Waals surface area contributed by atoms with E-state index in [1.165, 1.54) is 6.07 Å². The van der Waals surface area contributed by atoms with E-state index in [1.54, 1.807) is 19.2 Å². The number of ether oxygens (including phenoxy) is 3. The van der Waals surface area contributed by atoms with Crippen molar-refractivity contribution in [2.75, 3.05) is 7.11 Å². The smallest absolute Gasteiger partial charge is 0.270 e. The van der Waals surface area contributed by atoms with Gasteiger partial charge in [0.25, 0.3) is 5.69 Å². The van der Waals surface area contributed by atoms with E-state index in [0.717, 1.165) is 38.6 Å². The van der Waals surface area contributed by atoms with Crippen molar-refractivity contribution < 1.29 is 19.1 Å². The number of fused-ring (bicyclic) bond motifs is 6. The van der Waals surface area contributed by atoms with Crippen LogP contribution in [0.4, 0.5) is 5.69 Å². The molecule has 0 amide bonds. The zero-order chi connectivity index (χ0) is 25.1. The molecule has 2 aliphatic heterocycles. The Morgan fingerprint density at radius 1 is 0.676 bits per heavy atom. The first-order chi connectivity index (χ1) is 18.1. The lowest BCUT2D eigenvalue weighted by atomic mass is 9.81. The average molecular weight is 485 g/mol. The lowest BCUT2D eigenvalue weighted by Crippen LogP contribution is -2.10. The third-order valence-electron chi connectivity index (χ3n) is 6.89. The number of non-ortho nitro benzene ring substituents is 1. The van der Waals surface area contributed by atoms with Crippen LogP contribution in [-0.4, -0.2) is 12.0 Å². The van der Waals surface area contributed by atoms with Gasteiger partial charge in [0.1, 0.15) is 28.7 Å². The minimum atomic E-state index is -0.379. The summed E-state index contributed by atoms with van der Waals surface area (Å²) in [6.07, 6.45) is 0. The highest BCUT2D eigenvalue weighted by molar-refractivity contribution is 6.15. The van der Waals surface area contributed by atoms with Crippen molar-refractivity contribution >= 4 is 27.6 Å². The highest BCUT2D eigenvalue weighted by Gasteiger charge is 2.33. The number of nitro benzene ring substituents is 1. The van der Waals surface area contributed by atoms with Crippen molar-refractivity contribution in [2.24, 2.45) is 0 Å². The number of methoxy groups -OCH3 is 1. The van der Waals surface area contributed by atoms with E-state index in [9.17, 15) is 10.1 Å². The molecule has 178 valence electrons. The van der Waals surface area contributed by atoms with Crippen LogP contribution in [0.1, 0.15) is 22.3 Å². The lowest BCUT2D eigenvalue weighted by Gasteiger charge is -2.30. The van der Waals surface area contributed by atoms with Gasteiger partial charge in [0, 0.05) is 45.5 Å². The third-order valence-corrected chi connectivity index (χ3v) is 6.89. The Morgan fingerprint density at radius 3 is 2.19 bits per heavy atom. The molecule has 0 saturated heterocycles. The molecule has 0 unspecified atom stereocenters. The number of nitrogens with zero attached hydrogens (tertiary/aromatic N) is 1. The van der Waals surface area contributed by atoms with E-state index in [-0.39, 0.29) is 10.6 Å². The summed E-state index contributed by atoms with van der Waals surface area (Å²) in [5.41, 5.74) is 5.00. The molecule has 0 N–H and O–H groups in total. The van der Waals surface area contributed by atoms with Gasteiger partial charge in [-0.1, -0.05) is 48.5 Å². The number of rotatable bonds is 2. The van der Waals surface area contributed by atoms with Gasteiger partial charge in [-0.3, -0.25) is 10.1 Å². The summed E-state index contributed by atoms with van der Waals surface area (Å²) in [5.74, 6) is 3.33. The molecule has 0 radical (unpaired) electrons. The molecule has 0 fully saturated rings. The fourth-order valence-electron chi connectivity index (χ4n) is 5.24. The van der Waals surface area contributed by atoms with E-state index in [4.69, 9.17) is 14.2 Å². The Hall–Kier alpha value is -5.10. The van der Waals surface area contributed by atoms with Crippen LogP contribution in [0.3, 0.4) is 0 Å². The largest absolute Gasteiger partial charge is 0.497 e. The van der Waals surface area contributed by atoms with Gasteiger partial charge in [0.2, 0.25) is 0 Å². The van der Waals surface area contributed by atoms with Gasteiger partial charge >= 0.3 is 0 Å². The van der Waals surface area contributed by atoms with Crippen molar-refractivity contribution in [1.82, 2.24) is 0 Å². The van der Waals surface area contributed by atoms with Gasteiger partial charge in [-0.05, 0) is 47.2 Å². The molecular formula is C31H19NO5. The topological polar surface area (TPSA) is 70.8 Å². The monoisotopic (exact) mass is 485 g/mol. The van der Waals surface area contributed by atoms with Crippen LogP contribution in [0.5, 0.6) is 28.7 Å². The van der Waals surface area contributed by atoms with E-state index < -0.39 is 0 Å². The highest BCUT2D eigenvalue weighted by atomic mass is 16.6. The van der Waals surface area contributed by atoms with E-state index in [0.29, 0.717) is 34.3 Å². The van der Waals surface area contributed by atoms with Crippen molar-refractivity contribution in [3.05, 3.63) is 129 Å². The molecular weight excluding hydrogens is 466 g/mol. The Morgan fingerprint density at radius 2 is 1.35 bits per heavy atom. The second kappa shape index (κ2) is 7.96. The predicted molar refractivity (Wildman–Crippen MR) is 142 cm³/mol. The second-order valence-electron chi connectivity index (χ2n) is 8.91. The first-order valence-electron chi connectivity index (χ1n) is 11.8. The summed E-state index contributed by atoms with van der Waals surface area (Å²) >= 11 is 0. The predicted octanol–water partition coefficient (Wildman–Crippen LogP) is 7.98. The molecule has 5 aromatic carbocycles. The Kier molecular flexibility index (Phi) is 4.56. The van der Waals surface area contributed by atoms with Crippen molar-refractivity contribution in [3.8, 4) is 28.7 Å². The van der Waals surface area contributed by atoms with Crippen LogP contribution in [0, 0.1) is 10.1 Å². The fraction of sp³-hybridized carbons (Fsp3) is 0.0323. The lowest BCUT2D eigenvalue weighted by molar-refractivity contribution is -0.384. The zero-order valence-electron chi connectivity index (χ0n) is 19.7. The normalized spacial score (nSPS) is 14.9. The first-order valence-corrected chi connectivity index (χ1v) is 11.8. The molecule has 7 rings (SSSR count). The van der Waals surface area contributed by atoms with Crippen LogP contribution < -0.4 is 14.2 Å². The molecule has 2 aliphatic rings. The molecule has 0 spiro atoms. The minimum Gasteiger partial charge on any atom is -0.497 e. The van der Waals surface area contributed by atoms with Crippen LogP contribution in [0.25, 0.3) is 21.9 Å². The van der Waals surface area contributed by atoms with Crippen molar-refractivity contribution in [3.63, 3.8) is 0 Å². The van der Waals surface area contributed by atoms with E-state index in [1.807, 2.05) is 66.7 Å². The molecule has 5 aromatic rings. The summed E-state index contributed by atoms with van der Waals surface area (Å²) in [6.45, 7) is 0. The average Bonchev–Trinajstić information content (AvgIpc) is 2.94. The molecule has 0 aliphatic carbocycles. The Labute approximate surface area is 212 Å². The molecule has 6 heteroatoms. The number of hydrogen-bond acceptors (Lipinski definition) is 5. The van der Waals surface area contributed by atoms with Gasteiger partial charge in [-0.15, -0.1) is 0 Å². The van der Waals surface area contributed by atoms with Crippen LogP contribution in [0.15, 0.2) is 97.1 Å². The first kappa shape index (κ1) is 21.2. The number of nitro groups is 1. The number of benzene rings is 5. The zero-order valence-corrected chi connectivity index (χ0v) is 19.7. The molecule has 2 heterocycles. The molecule has 0 atom stereocenters. The van der Waals surface area contributed by atoms with Crippen molar-refractivity contribution in [2.45, 2.75) is 0 Å². The summed E-state index contributed by atoms with van der Waals surface area (Å²) in [4.78, 5) is 11.4. The third kappa shape index (κ3) is 3.19. The molecule has 37 heavy (non-hydrogen) atoms. The van der Waals surface area contributed by atoms with Crippen molar-refractivity contribution in [1.29, 1.82) is 0 Å². The second-order valence-corrected chi connectivity index (χ2v) is 8.91. The van der Waals surface area contributed by atoms with Gasteiger partial charge in [0.05, 0.1) is 12.0 Å². The van der Waals surface area contributed by atoms with Gasteiger partial charge in [-0.2, -0.15) is 0 Å². The minimum absolute atomic E-state index is 0.00431. The standard InChI is InChI=1S/C31H19NO5/c1-35-20-12-15-27-24(17-20)29(22-8-4-5-9-25(22)36-27)31-23-16-19(32(33)34)11-14-26(23)37-28-13-10-18-6-2-3-7-21(18)30(28)31/h2-17H,1H3/b31-29+. The maximum atomic E-state index is 11.8. The van der Waals surface area contributed by atoms with Gasteiger partial charge < -0.3 is 14.2 Å². The summed E-state index contributed by atoms with van der Waals surface area (Å²) in [7, 11) is 1.63. The Bertz CT molecular complexity index is 1800. The molecule has 0 aromatic heterocycles. The number of hydrogen-bond donors (Lipinski definition) is 0. The quantitative estimate of drug-likeness (QED) is 0.183. The van der Waals surface area contributed by atoms with E-state index in [2.05, 4.69) is 12.1 Å². The SMILES string of the molecule is COc1ccc2c(c1)/C(=C1\c3cc([N+](=O)[O-])ccc3Oc3ccc4ccccc4c31)c1ccccc1O2. The maximum absolute atomic E-state index is 11.8. The highest BCUT2D eigenvalue weighted by Crippen LogP contribution is 2.55. The van der Waals surface area contributed by atoms with Crippen LogP contribution in [0.2, 0.25) is 0 Å². The molecule has 0 bridgehead atoms. The van der Waals surface area contributed by atoms with E-state index >= 15 is 0 Å².